The van der Waals surface area contributed by atoms with Crippen LogP contribution in [0.1, 0.15) is 29.8 Å². The Morgan fingerprint density at radius 2 is 1.87 bits per heavy atom. The highest BCUT2D eigenvalue weighted by molar-refractivity contribution is 5.98. The standard InChI is InChI=1S/C25H35N3O3/c1-18-14-28(19(2)17-29)25(30)22-13-21(26(3)4)11-12-23(22)31-24(18)16-27(5)15-20-9-7-6-8-10-20/h6-13,18-19,24,29H,14-17H2,1-5H3/t18-,19+,24+/m1/s1. The topological polar surface area (TPSA) is 56.3 Å². The maximum atomic E-state index is 13.4. The summed E-state index contributed by atoms with van der Waals surface area (Å²) in [5.41, 5.74) is 2.75. The molecule has 3 rings (SSSR count). The van der Waals surface area contributed by atoms with Crippen LogP contribution in [0.4, 0.5) is 5.69 Å². The van der Waals surface area contributed by atoms with Crippen molar-refractivity contribution in [2.75, 3.05) is 45.7 Å². The predicted molar refractivity (Wildman–Crippen MR) is 125 cm³/mol. The van der Waals surface area contributed by atoms with Crippen molar-refractivity contribution in [3.8, 4) is 5.75 Å². The lowest BCUT2D eigenvalue weighted by Gasteiger charge is -2.38. The van der Waals surface area contributed by atoms with Crippen molar-refractivity contribution in [2.45, 2.75) is 32.5 Å². The van der Waals surface area contributed by atoms with E-state index in [1.807, 2.05) is 50.2 Å². The molecule has 0 unspecified atom stereocenters. The van der Waals surface area contributed by atoms with Crippen molar-refractivity contribution < 1.29 is 14.6 Å². The third-order valence-corrected chi connectivity index (χ3v) is 5.95. The van der Waals surface area contributed by atoms with Gasteiger partial charge in [0, 0.05) is 45.3 Å². The zero-order chi connectivity index (χ0) is 22.5. The number of anilines is 1. The molecule has 2 aromatic carbocycles. The summed E-state index contributed by atoms with van der Waals surface area (Å²) in [6, 6.07) is 15.9. The number of nitrogens with zero attached hydrogens (tertiary/aromatic N) is 3. The lowest BCUT2D eigenvalue weighted by Crippen LogP contribution is -2.49. The van der Waals surface area contributed by atoms with Gasteiger partial charge in [-0.3, -0.25) is 9.69 Å². The largest absolute Gasteiger partial charge is 0.488 e. The minimum absolute atomic E-state index is 0.0689. The predicted octanol–water partition coefficient (Wildman–Crippen LogP) is 3.10. The maximum absolute atomic E-state index is 13.4. The van der Waals surface area contributed by atoms with Gasteiger partial charge in [0.15, 0.2) is 0 Å². The fourth-order valence-corrected chi connectivity index (χ4v) is 3.97. The molecule has 1 aliphatic rings. The number of fused-ring (bicyclic) bond motifs is 1. The average Bonchev–Trinajstić information content (AvgIpc) is 2.75. The number of aliphatic hydroxyl groups excluding tert-OH is 1. The quantitative estimate of drug-likeness (QED) is 0.739. The van der Waals surface area contributed by atoms with Crippen molar-refractivity contribution in [3.05, 3.63) is 59.7 Å². The lowest BCUT2D eigenvalue weighted by molar-refractivity contribution is 0.0341. The molecule has 0 fully saturated rings. The van der Waals surface area contributed by atoms with Crippen LogP contribution in [0.2, 0.25) is 0 Å². The molecular formula is C25H35N3O3. The van der Waals surface area contributed by atoms with Gasteiger partial charge in [-0.25, -0.2) is 0 Å². The first-order valence-electron chi connectivity index (χ1n) is 10.9. The van der Waals surface area contributed by atoms with Gasteiger partial charge in [-0.05, 0) is 37.7 Å². The van der Waals surface area contributed by atoms with E-state index < -0.39 is 0 Å². The van der Waals surface area contributed by atoms with E-state index >= 15 is 0 Å². The van der Waals surface area contributed by atoms with E-state index in [-0.39, 0.29) is 30.6 Å². The summed E-state index contributed by atoms with van der Waals surface area (Å²) in [7, 11) is 6.00. The number of benzene rings is 2. The summed E-state index contributed by atoms with van der Waals surface area (Å²) in [6.45, 7) is 6.04. The second-order valence-corrected chi connectivity index (χ2v) is 8.88. The van der Waals surface area contributed by atoms with Gasteiger partial charge in [-0.2, -0.15) is 0 Å². The average molecular weight is 426 g/mol. The number of aliphatic hydroxyl groups is 1. The Bertz CT molecular complexity index is 872. The molecule has 0 bridgehead atoms. The Balaban J connectivity index is 1.89. The highest BCUT2D eigenvalue weighted by Crippen LogP contribution is 2.31. The normalized spacial score (nSPS) is 20.0. The molecule has 1 heterocycles. The molecule has 0 saturated heterocycles. The molecule has 2 aromatic rings. The maximum Gasteiger partial charge on any atom is 0.258 e. The highest BCUT2D eigenvalue weighted by atomic mass is 16.5. The van der Waals surface area contributed by atoms with Crippen molar-refractivity contribution in [2.24, 2.45) is 5.92 Å². The van der Waals surface area contributed by atoms with Crippen LogP contribution in [0.5, 0.6) is 5.75 Å². The number of likely N-dealkylation sites (N-methyl/N-ethyl adjacent to an activating group) is 1. The van der Waals surface area contributed by atoms with Crippen LogP contribution < -0.4 is 9.64 Å². The number of carbonyl (C=O) groups is 1. The minimum atomic E-state index is -0.258. The fourth-order valence-electron chi connectivity index (χ4n) is 3.97. The van der Waals surface area contributed by atoms with E-state index in [1.54, 1.807) is 4.90 Å². The zero-order valence-electron chi connectivity index (χ0n) is 19.3. The Morgan fingerprint density at radius 3 is 2.52 bits per heavy atom. The van der Waals surface area contributed by atoms with Crippen LogP contribution in [0.15, 0.2) is 48.5 Å². The van der Waals surface area contributed by atoms with Crippen molar-refractivity contribution in [3.63, 3.8) is 0 Å². The number of ether oxygens (including phenoxy) is 1. The Kier molecular flexibility index (Phi) is 7.57. The monoisotopic (exact) mass is 425 g/mol. The van der Waals surface area contributed by atoms with Gasteiger partial charge >= 0.3 is 0 Å². The molecule has 6 nitrogen and oxygen atoms in total. The smallest absolute Gasteiger partial charge is 0.258 e. The molecular weight excluding hydrogens is 390 g/mol. The molecule has 31 heavy (non-hydrogen) atoms. The number of hydrogen-bond acceptors (Lipinski definition) is 5. The van der Waals surface area contributed by atoms with Gasteiger partial charge in [-0.15, -0.1) is 0 Å². The second-order valence-electron chi connectivity index (χ2n) is 8.88. The summed E-state index contributed by atoms with van der Waals surface area (Å²) >= 11 is 0. The minimum Gasteiger partial charge on any atom is -0.488 e. The molecule has 1 N–H and O–H groups in total. The van der Waals surface area contributed by atoms with Crippen molar-refractivity contribution in [1.29, 1.82) is 0 Å². The first kappa shape index (κ1) is 23.1. The molecule has 0 spiro atoms. The third-order valence-electron chi connectivity index (χ3n) is 5.95. The van der Waals surface area contributed by atoms with Gasteiger partial charge in [0.05, 0.1) is 18.2 Å². The van der Waals surface area contributed by atoms with Gasteiger partial charge in [0.1, 0.15) is 11.9 Å². The summed E-state index contributed by atoms with van der Waals surface area (Å²) < 4.78 is 6.45. The Labute approximate surface area is 186 Å². The van der Waals surface area contributed by atoms with Crippen LogP contribution in [0.25, 0.3) is 0 Å². The van der Waals surface area contributed by atoms with Crippen LogP contribution in [0.3, 0.4) is 0 Å². The van der Waals surface area contributed by atoms with E-state index in [1.165, 1.54) is 5.56 Å². The van der Waals surface area contributed by atoms with E-state index in [4.69, 9.17) is 4.74 Å². The van der Waals surface area contributed by atoms with Crippen LogP contribution >= 0.6 is 0 Å². The van der Waals surface area contributed by atoms with Crippen LogP contribution in [-0.4, -0.2) is 73.8 Å². The van der Waals surface area contributed by atoms with E-state index in [9.17, 15) is 9.90 Å². The summed E-state index contributed by atoms with van der Waals surface area (Å²) in [5.74, 6) is 0.622. The number of carbonyl (C=O) groups excluding carboxylic acids is 1. The number of hydrogen-bond donors (Lipinski definition) is 1. The summed E-state index contributed by atoms with van der Waals surface area (Å²) in [5, 5.41) is 9.78. The number of rotatable bonds is 7. The molecule has 168 valence electrons. The number of amides is 1. The van der Waals surface area contributed by atoms with Gasteiger partial charge < -0.3 is 19.6 Å². The van der Waals surface area contributed by atoms with Crippen LogP contribution in [-0.2, 0) is 6.54 Å². The third kappa shape index (κ3) is 5.57. The molecule has 3 atom stereocenters. The zero-order valence-corrected chi connectivity index (χ0v) is 19.3. The molecule has 0 aliphatic carbocycles. The summed E-state index contributed by atoms with van der Waals surface area (Å²) in [6.07, 6.45) is -0.0841. The van der Waals surface area contributed by atoms with Crippen molar-refractivity contribution in [1.82, 2.24) is 9.80 Å². The van der Waals surface area contributed by atoms with E-state index in [0.29, 0.717) is 17.9 Å². The Hall–Kier alpha value is -2.57. The SMILES string of the molecule is C[C@@H]1CN([C@@H](C)CO)C(=O)c2cc(N(C)C)ccc2O[C@H]1CN(C)Cc1ccccc1. The molecule has 0 radical (unpaired) electrons. The first-order valence-corrected chi connectivity index (χ1v) is 10.9. The van der Waals surface area contributed by atoms with E-state index in [2.05, 4.69) is 43.1 Å². The summed E-state index contributed by atoms with van der Waals surface area (Å²) in [4.78, 5) is 19.4. The van der Waals surface area contributed by atoms with Gasteiger partial charge in [-0.1, -0.05) is 37.3 Å². The molecule has 1 aliphatic heterocycles. The molecule has 1 amide bonds. The van der Waals surface area contributed by atoms with Gasteiger partial charge in [0.2, 0.25) is 0 Å². The molecule has 0 saturated carbocycles. The van der Waals surface area contributed by atoms with Crippen LogP contribution in [0, 0.1) is 5.92 Å². The van der Waals surface area contributed by atoms with Gasteiger partial charge in [0.25, 0.3) is 5.91 Å². The first-order chi connectivity index (χ1) is 14.8. The molecule has 0 aromatic heterocycles. The highest BCUT2D eigenvalue weighted by Gasteiger charge is 2.33. The van der Waals surface area contributed by atoms with E-state index in [0.717, 1.165) is 18.8 Å². The fraction of sp³-hybridized carbons (Fsp3) is 0.480. The van der Waals surface area contributed by atoms with Crippen molar-refractivity contribution >= 4 is 11.6 Å². The molecule has 6 heteroatoms. The lowest BCUT2D eigenvalue weighted by atomic mass is 9.99. The second kappa shape index (κ2) is 10.2. The Morgan fingerprint density at radius 1 is 1.16 bits per heavy atom.